The highest BCUT2D eigenvalue weighted by Crippen LogP contribution is 2.28. The first-order chi connectivity index (χ1) is 18.3. The number of nitrogens with one attached hydrogen (secondary N) is 3. The van der Waals surface area contributed by atoms with Gasteiger partial charge in [0.15, 0.2) is 17.0 Å². The van der Waals surface area contributed by atoms with E-state index in [-0.39, 0.29) is 11.9 Å². The maximum atomic E-state index is 11.7. The zero-order valence-electron chi connectivity index (χ0n) is 20.7. The molecular formula is C24H25Cl2N11O. The number of amides is 1. The summed E-state index contributed by atoms with van der Waals surface area (Å²) in [6, 6.07) is 3.64. The molecule has 1 aliphatic heterocycles. The minimum atomic E-state index is 0.100. The van der Waals surface area contributed by atoms with E-state index in [1.807, 2.05) is 22.7 Å². The molecule has 4 aromatic heterocycles. The van der Waals surface area contributed by atoms with Gasteiger partial charge in [0.25, 0.3) is 0 Å². The van der Waals surface area contributed by atoms with E-state index < -0.39 is 0 Å². The number of rotatable bonds is 6. The standard InChI is InChI=1S/C24H25Cl2N11O/c1-13(38)36-5-3-14(4-6-36)30-24-33-22(21-23(34-24)37(12-28-21)15-9-29-35(2)11-15)27-10-20-31-18-7-16(25)17(26)8-19(18)32-20/h7-9,11-12,14H,3-6,10H2,1-2H3,(H,31,32)(H2,27,30,33,34). The molecule has 1 aliphatic rings. The number of piperidine rings is 1. The number of hydrogen-bond donors (Lipinski definition) is 3. The van der Waals surface area contributed by atoms with E-state index in [0.29, 0.717) is 58.4 Å². The number of aryl methyl sites for hydroxylation is 1. The number of nitrogens with zero attached hydrogens (tertiary/aromatic N) is 8. The van der Waals surface area contributed by atoms with Crippen LogP contribution in [-0.4, -0.2) is 69.2 Å². The topological polar surface area (TPSA) is 134 Å². The first-order valence-corrected chi connectivity index (χ1v) is 12.9. The van der Waals surface area contributed by atoms with Gasteiger partial charge >= 0.3 is 0 Å². The van der Waals surface area contributed by atoms with Crippen LogP contribution in [0.1, 0.15) is 25.6 Å². The Hall–Kier alpha value is -3.90. The molecule has 6 rings (SSSR count). The molecule has 0 atom stereocenters. The van der Waals surface area contributed by atoms with Crippen LogP contribution in [0.3, 0.4) is 0 Å². The molecule has 0 saturated carbocycles. The van der Waals surface area contributed by atoms with Crippen LogP contribution in [0.2, 0.25) is 10.0 Å². The van der Waals surface area contributed by atoms with Crippen LogP contribution >= 0.6 is 23.2 Å². The molecular weight excluding hydrogens is 529 g/mol. The van der Waals surface area contributed by atoms with Gasteiger partial charge in [0.05, 0.1) is 39.5 Å². The van der Waals surface area contributed by atoms with Gasteiger partial charge in [0.1, 0.15) is 12.2 Å². The number of fused-ring (bicyclic) bond motifs is 2. The van der Waals surface area contributed by atoms with E-state index in [1.165, 1.54) is 0 Å². The average Bonchev–Trinajstić information content (AvgIpc) is 3.61. The molecule has 14 heteroatoms. The number of imidazole rings is 2. The molecule has 5 heterocycles. The van der Waals surface area contributed by atoms with Crippen molar-refractivity contribution in [3.63, 3.8) is 0 Å². The fraction of sp³-hybridized carbons (Fsp3) is 0.333. The van der Waals surface area contributed by atoms with Crippen molar-refractivity contribution in [3.05, 3.63) is 46.7 Å². The Bertz CT molecular complexity index is 1610. The molecule has 0 aliphatic carbocycles. The number of carbonyl (C=O) groups excluding carboxylic acids is 1. The smallest absolute Gasteiger partial charge is 0.227 e. The fourth-order valence-corrected chi connectivity index (χ4v) is 4.96. The Morgan fingerprint density at radius 1 is 1.16 bits per heavy atom. The zero-order valence-corrected chi connectivity index (χ0v) is 22.3. The lowest BCUT2D eigenvalue weighted by molar-refractivity contribution is -0.129. The molecule has 1 saturated heterocycles. The van der Waals surface area contributed by atoms with Crippen LogP contribution in [0.15, 0.2) is 30.9 Å². The van der Waals surface area contributed by atoms with Crippen molar-refractivity contribution in [2.24, 2.45) is 7.05 Å². The molecule has 0 unspecified atom stereocenters. The summed E-state index contributed by atoms with van der Waals surface area (Å²) in [5.74, 6) is 1.85. The van der Waals surface area contributed by atoms with Gasteiger partial charge in [0.2, 0.25) is 11.9 Å². The number of carbonyl (C=O) groups is 1. The Balaban J connectivity index is 1.31. The van der Waals surface area contributed by atoms with Crippen LogP contribution in [0, 0.1) is 0 Å². The highest BCUT2D eigenvalue weighted by Gasteiger charge is 2.23. The Morgan fingerprint density at radius 2 is 1.95 bits per heavy atom. The third-order valence-corrected chi connectivity index (χ3v) is 7.36. The van der Waals surface area contributed by atoms with E-state index in [2.05, 4.69) is 30.7 Å². The summed E-state index contributed by atoms with van der Waals surface area (Å²) in [4.78, 5) is 35.6. The van der Waals surface area contributed by atoms with Gasteiger partial charge in [0, 0.05) is 39.3 Å². The Morgan fingerprint density at radius 3 is 2.68 bits per heavy atom. The SMILES string of the molecule is CC(=O)N1CCC(Nc2nc(NCc3nc4cc(Cl)c(Cl)cc4[nH]3)c3ncn(-c4cnn(C)c4)c3n2)CC1. The molecule has 1 aromatic carbocycles. The van der Waals surface area contributed by atoms with Crippen molar-refractivity contribution in [2.75, 3.05) is 23.7 Å². The van der Waals surface area contributed by atoms with E-state index >= 15 is 0 Å². The average molecular weight is 554 g/mol. The maximum absolute atomic E-state index is 11.7. The zero-order chi connectivity index (χ0) is 26.4. The molecule has 38 heavy (non-hydrogen) atoms. The highest BCUT2D eigenvalue weighted by molar-refractivity contribution is 6.42. The van der Waals surface area contributed by atoms with Crippen LogP contribution in [0.25, 0.3) is 27.9 Å². The maximum Gasteiger partial charge on any atom is 0.227 e. The summed E-state index contributed by atoms with van der Waals surface area (Å²) >= 11 is 12.3. The Labute approximate surface area is 227 Å². The van der Waals surface area contributed by atoms with Crippen molar-refractivity contribution in [1.82, 2.24) is 44.2 Å². The molecule has 3 N–H and O–H groups in total. The van der Waals surface area contributed by atoms with E-state index in [4.69, 9.17) is 33.2 Å². The number of H-pyrrole nitrogens is 1. The second-order valence-electron chi connectivity index (χ2n) is 9.30. The lowest BCUT2D eigenvalue weighted by Gasteiger charge is -2.31. The predicted molar refractivity (Wildman–Crippen MR) is 146 cm³/mol. The highest BCUT2D eigenvalue weighted by atomic mass is 35.5. The monoisotopic (exact) mass is 553 g/mol. The quantitative estimate of drug-likeness (QED) is 0.289. The van der Waals surface area contributed by atoms with Crippen LogP contribution in [-0.2, 0) is 18.4 Å². The van der Waals surface area contributed by atoms with E-state index in [9.17, 15) is 4.79 Å². The first-order valence-electron chi connectivity index (χ1n) is 12.2. The molecule has 5 aromatic rings. The summed E-state index contributed by atoms with van der Waals surface area (Å²) in [5, 5.41) is 12.0. The molecule has 0 spiro atoms. The molecule has 196 valence electrons. The summed E-state index contributed by atoms with van der Waals surface area (Å²) in [5.41, 5.74) is 3.62. The first kappa shape index (κ1) is 24.4. The van der Waals surface area contributed by atoms with Crippen LogP contribution in [0.4, 0.5) is 11.8 Å². The summed E-state index contributed by atoms with van der Waals surface area (Å²) < 4.78 is 3.60. The van der Waals surface area contributed by atoms with E-state index in [1.54, 1.807) is 36.3 Å². The molecule has 1 fully saturated rings. The number of halogens is 2. The molecule has 0 radical (unpaired) electrons. The lowest BCUT2D eigenvalue weighted by Crippen LogP contribution is -2.41. The van der Waals surface area contributed by atoms with Gasteiger partial charge in [-0.25, -0.2) is 9.97 Å². The van der Waals surface area contributed by atoms with Crippen molar-refractivity contribution in [3.8, 4) is 5.69 Å². The van der Waals surface area contributed by atoms with E-state index in [0.717, 1.165) is 29.6 Å². The normalized spacial score (nSPS) is 14.5. The third kappa shape index (κ3) is 4.72. The third-order valence-electron chi connectivity index (χ3n) is 6.64. The minimum Gasteiger partial charge on any atom is -0.361 e. The van der Waals surface area contributed by atoms with Crippen molar-refractivity contribution >= 4 is 63.1 Å². The van der Waals surface area contributed by atoms with Gasteiger partial charge in [-0.1, -0.05) is 23.2 Å². The second kappa shape index (κ2) is 9.76. The molecule has 1 amide bonds. The van der Waals surface area contributed by atoms with Crippen LogP contribution < -0.4 is 10.6 Å². The largest absolute Gasteiger partial charge is 0.361 e. The van der Waals surface area contributed by atoms with Gasteiger partial charge in [-0.3, -0.25) is 14.0 Å². The number of aromatic amines is 1. The van der Waals surface area contributed by atoms with Crippen molar-refractivity contribution in [1.29, 1.82) is 0 Å². The van der Waals surface area contributed by atoms with Gasteiger partial charge in [-0.05, 0) is 25.0 Å². The molecule has 12 nitrogen and oxygen atoms in total. The number of anilines is 2. The van der Waals surface area contributed by atoms with Gasteiger partial charge in [-0.2, -0.15) is 15.1 Å². The number of hydrogen-bond acceptors (Lipinski definition) is 8. The Kier molecular flexibility index (Phi) is 6.28. The van der Waals surface area contributed by atoms with Crippen molar-refractivity contribution in [2.45, 2.75) is 32.4 Å². The summed E-state index contributed by atoms with van der Waals surface area (Å²) in [7, 11) is 1.86. The van der Waals surface area contributed by atoms with Crippen molar-refractivity contribution < 1.29 is 4.79 Å². The number of aromatic nitrogens is 8. The summed E-state index contributed by atoms with van der Waals surface area (Å²) in [6.07, 6.45) is 6.99. The fourth-order valence-electron chi connectivity index (χ4n) is 4.64. The lowest BCUT2D eigenvalue weighted by atomic mass is 10.1. The number of benzene rings is 1. The number of likely N-dealkylation sites (tertiary alicyclic amines) is 1. The van der Waals surface area contributed by atoms with Crippen LogP contribution in [0.5, 0.6) is 0 Å². The minimum absolute atomic E-state index is 0.100. The van der Waals surface area contributed by atoms with Gasteiger partial charge in [-0.15, -0.1) is 0 Å². The van der Waals surface area contributed by atoms with Gasteiger partial charge < -0.3 is 20.5 Å². The summed E-state index contributed by atoms with van der Waals surface area (Å²) in [6.45, 7) is 3.38. The predicted octanol–water partition coefficient (Wildman–Crippen LogP) is 3.77. The molecule has 0 bridgehead atoms. The second-order valence-corrected chi connectivity index (χ2v) is 10.1.